The SMILES string of the molecule is CC(C(N)=O)n1cc(CN)ccc1=O. The van der Waals surface area contributed by atoms with Crippen molar-refractivity contribution < 1.29 is 4.79 Å². The fraction of sp³-hybridized carbons (Fsp3) is 0.333. The number of hydrogen-bond acceptors (Lipinski definition) is 3. The zero-order chi connectivity index (χ0) is 10.7. The van der Waals surface area contributed by atoms with Crippen LogP contribution in [0.3, 0.4) is 0 Å². The van der Waals surface area contributed by atoms with Crippen LogP contribution in [-0.4, -0.2) is 10.5 Å². The van der Waals surface area contributed by atoms with Gasteiger partial charge in [0.2, 0.25) is 5.91 Å². The molecule has 1 amide bonds. The summed E-state index contributed by atoms with van der Waals surface area (Å²) in [5, 5.41) is 0. The maximum Gasteiger partial charge on any atom is 0.251 e. The van der Waals surface area contributed by atoms with Gasteiger partial charge in [0, 0.05) is 18.8 Å². The molecule has 0 bridgehead atoms. The second kappa shape index (κ2) is 4.06. The summed E-state index contributed by atoms with van der Waals surface area (Å²) in [6.07, 6.45) is 1.55. The number of primary amides is 1. The molecule has 0 aliphatic carbocycles. The van der Waals surface area contributed by atoms with Crippen LogP contribution in [0.5, 0.6) is 0 Å². The minimum absolute atomic E-state index is 0.256. The Morgan fingerprint density at radius 3 is 2.71 bits per heavy atom. The summed E-state index contributed by atoms with van der Waals surface area (Å²) in [7, 11) is 0. The molecule has 0 aliphatic heterocycles. The van der Waals surface area contributed by atoms with Crippen LogP contribution in [0.4, 0.5) is 0 Å². The van der Waals surface area contributed by atoms with Gasteiger partial charge in [-0.1, -0.05) is 6.07 Å². The van der Waals surface area contributed by atoms with Gasteiger partial charge < -0.3 is 16.0 Å². The van der Waals surface area contributed by atoms with Gasteiger partial charge in [-0.2, -0.15) is 0 Å². The van der Waals surface area contributed by atoms with Gasteiger partial charge >= 0.3 is 0 Å². The van der Waals surface area contributed by atoms with E-state index < -0.39 is 11.9 Å². The molecule has 5 heteroatoms. The predicted molar refractivity (Wildman–Crippen MR) is 52.5 cm³/mol. The van der Waals surface area contributed by atoms with E-state index in [0.29, 0.717) is 6.54 Å². The minimum Gasteiger partial charge on any atom is -0.368 e. The van der Waals surface area contributed by atoms with E-state index in [4.69, 9.17) is 11.5 Å². The van der Waals surface area contributed by atoms with Crippen molar-refractivity contribution in [3.05, 3.63) is 34.2 Å². The Labute approximate surface area is 81.3 Å². The van der Waals surface area contributed by atoms with Crippen molar-refractivity contribution >= 4 is 5.91 Å². The van der Waals surface area contributed by atoms with Crippen molar-refractivity contribution in [3.63, 3.8) is 0 Å². The Morgan fingerprint density at radius 2 is 2.21 bits per heavy atom. The van der Waals surface area contributed by atoms with Crippen LogP contribution in [0, 0.1) is 0 Å². The number of hydrogen-bond donors (Lipinski definition) is 2. The van der Waals surface area contributed by atoms with Gasteiger partial charge in [-0.15, -0.1) is 0 Å². The molecule has 0 fully saturated rings. The lowest BCUT2D eigenvalue weighted by Crippen LogP contribution is -2.31. The second-order valence-corrected chi connectivity index (χ2v) is 3.07. The number of carbonyl (C=O) groups excluding carboxylic acids is 1. The molecule has 0 aliphatic rings. The van der Waals surface area contributed by atoms with Gasteiger partial charge in [0.1, 0.15) is 6.04 Å². The highest BCUT2D eigenvalue weighted by Gasteiger charge is 2.11. The van der Waals surface area contributed by atoms with E-state index in [1.807, 2.05) is 0 Å². The summed E-state index contributed by atoms with van der Waals surface area (Å²) >= 11 is 0. The smallest absolute Gasteiger partial charge is 0.251 e. The lowest BCUT2D eigenvalue weighted by Gasteiger charge is -2.11. The fourth-order valence-electron chi connectivity index (χ4n) is 1.11. The van der Waals surface area contributed by atoms with E-state index in [9.17, 15) is 9.59 Å². The summed E-state index contributed by atoms with van der Waals surface area (Å²) in [5.41, 5.74) is 11.0. The van der Waals surface area contributed by atoms with E-state index in [1.54, 1.807) is 19.2 Å². The minimum atomic E-state index is -0.644. The van der Waals surface area contributed by atoms with Crippen LogP contribution in [0.2, 0.25) is 0 Å². The summed E-state index contributed by atoms with van der Waals surface area (Å²) in [4.78, 5) is 22.2. The van der Waals surface area contributed by atoms with Crippen LogP contribution in [0.25, 0.3) is 0 Å². The van der Waals surface area contributed by atoms with Gasteiger partial charge in [0.25, 0.3) is 5.56 Å². The van der Waals surface area contributed by atoms with Gasteiger partial charge in [0.15, 0.2) is 0 Å². The van der Waals surface area contributed by atoms with Gasteiger partial charge in [0.05, 0.1) is 0 Å². The van der Waals surface area contributed by atoms with Crippen LogP contribution in [-0.2, 0) is 11.3 Å². The molecule has 4 N–H and O–H groups in total. The van der Waals surface area contributed by atoms with Crippen molar-refractivity contribution in [2.45, 2.75) is 19.5 Å². The highest BCUT2D eigenvalue weighted by Crippen LogP contribution is 2.02. The molecule has 1 aromatic heterocycles. The van der Waals surface area contributed by atoms with Crippen molar-refractivity contribution in [2.75, 3.05) is 0 Å². The number of nitrogens with zero attached hydrogens (tertiary/aromatic N) is 1. The molecule has 1 aromatic rings. The Balaban J connectivity index is 3.19. The van der Waals surface area contributed by atoms with Gasteiger partial charge in [-0.05, 0) is 12.5 Å². The number of nitrogens with two attached hydrogens (primary N) is 2. The average molecular weight is 195 g/mol. The molecule has 1 heterocycles. The molecule has 1 rings (SSSR count). The largest absolute Gasteiger partial charge is 0.368 e. The van der Waals surface area contributed by atoms with Crippen molar-refractivity contribution in [2.24, 2.45) is 11.5 Å². The quantitative estimate of drug-likeness (QED) is 0.671. The lowest BCUT2D eigenvalue weighted by atomic mass is 10.2. The van der Waals surface area contributed by atoms with E-state index in [-0.39, 0.29) is 5.56 Å². The lowest BCUT2D eigenvalue weighted by molar-refractivity contribution is -0.120. The predicted octanol–water partition coefficient (Wildman–Crippen LogP) is -0.647. The highest BCUT2D eigenvalue weighted by molar-refractivity contribution is 5.77. The topological polar surface area (TPSA) is 91.1 Å². The number of carbonyl (C=O) groups is 1. The monoisotopic (exact) mass is 195 g/mol. The van der Waals surface area contributed by atoms with E-state index in [0.717, 1.165) is 5.56 Å². The summed E-state index contributed by atoms with van der Waals surface area (Å²) in [5.74, 6) is -0.540. The van der Waals surface area contributed by atoms with Crippen molar-refractivity contribution in [3.8, 4) is 0 Å². The summed E-state index contributed by atoms with van der Waals surface area (Å²) < 4.78 is 1.28. The number of rotatable bonds is 3. The third-order valence-corrected chi connectivity index (χ3v) is 2.06. The first-order valence-electron chi connectivity index (χ1n) is 4.26. The first-order valence-corrected chi connectivity index (χ1v) is 4.26. The molecule has 76 valence electrons. The fourth-order valence-corrected chi connectivity index (χ4v) is 1.11. The Kier molecular flexibility index (Phi) is 3.03. The third-order valence-electron chi connectivity index (χ3n) is 2.06. The van der Waals surface area contributed by atoms with Gasteiger partial charge in [-0.25, -0.2) is 0 Å². The first-order chi connectivity index (χ1) is 6.56. The number of aromatic nitrogens is 1. The summed E-state index contributed by atoms with van der Waals surface area (Å²) in [6, 6.07) is 2.36. The molecule has 0 spiro atoms. The molecule has 0 saturated heterocycles. The number of pyridine rings is 1. The second-order valence-electron chi connectivity index (χ2n) is 3.07. The molecule has 14 heavy (non-hydrogen) atoms. The van der Waals surface area contributed by atoms with Crippen molar-refractivity contribution in [1.82, 2.24) is 4.57 Å². The third kappa shape index (κ3) is 2.00. The molecular weight excluding hydrogens is 182 g/mol. The first kappa shape index (κ1) is 10.5. The normalized spacial score (nSPS) is 12.4. The van der Waals surface area contributed by atoms with Crippen LogP contribution >= 0.6 is 0 Å². The molecule has 1 unspecified atom stereocenters. The molecule has 1 atom stereocenters. The molecule has 0 saturated carbocycles. The maximum absolute atomic E-state index is 11.3. The van der Waals surface area contributed by atoms with Crippen molar-refractivity contribution in [1.29, 1.82) is 0 Å². The van der Waals surface area contributed by atoms with Gasteiger partial charge in [-0.3, -0.25) is 9.59 Å². The van der Waals surface area contributed by atoms with E-state index >= 15 is 0 Å². The Morgan fingerprint density at radius 1 is 1.57 bits per heavy atom. The Hall–Kier alpha value is -1.62. The molecule has 0 radical (unpaired) electrons. The zero-order valence-corrected chi connectivity index (χ0v) is 7.93. The molecule has 0 aromatic carbocycles. The Bertz CT molecular complexity index is 397. The van der Waals surface area contributed by atoms with E-state index in [1.165, 1.54) is 10.6 Å². The molecule has 5 nitrogen and oxygen atoms in total. The summed E-state index contributed by atoms with van der Waals surface area (Å²) in [6.45, 7) is 1.90. The van der Waals surface area contributed by atoms with Crippen LogP contribution in [0.15, 0.2) is 23.1 Å². The standard InChI is InChI=1S/C9H13N3O2/c1-6(9(11)14)12-5-7(4-10)2-3-8(12)13/h2-3,5-6H,4,10H2,1H3,(H2,11,14). The van der Waals surface area contributed by atoms with Crippen LogP contribution in [0.1, 0.15) is 18.5 Å². The van der Waals surface area contributed by atoms with Crippen LogP contribution < -0.4 is 17.0 Å². The maximum atomic E-state index is 11.3. The molecular formula is C9H13N3O2. The highest BCUT2D eigenvalue weighted by atomic mass is 16.2. The van der Waals surface area contributed by atoms with E-state index in [2.05, 4.69) is 0 Å². The average Bonchev–Trinajstić information content (AvgIpc) is 2.17. The zero-order valence-electron chi connectivity index (χ0n) is 7.93. The number of amides is 1.